The lowest BCUT2D eigenvalue weighted by Crippen LogP contribution is -2.13. The summed E-state index contributed by atoms with van der Waals surface area (Å²) < 4.78 is 16.2. The summed E-state index contributed by atoms with van der Waals surface area (Å²) in [7, 11) is 0. The molecule has 1 aliphatic rings. The molecule has 3 nitrogen and oxygen atoms in total. The zero-order valence-electron chi connectivity index (χ0n) is 11.4. The molecule has 2 N–H and O–H groups in total. The van der Waals surface area contributed by atoms with Gasteiger partial charge in [0.1, 0.15) is 5.82 Å². The van der Waals surface area contributed by atoms with Crippen molar-refractivity contribution >= 4 is 32.9 Å². The Morgan fingerprint density at radius 1 is 1.15 bits per heavy atom. The van der Waals surface area contributed by atoms with Crippen LogP contribution in [0.5, 0.6) is 0 Å². The van der Waals surface area contributed by atoms with Crippen LogP contribution in [0.3, 0.4) is 0 Å². The maximum absolute atomic E-state index is 13.6. The Hall–Kier alpha value is -1.10. The van der Waals surface area contributed by atoms with E-state index >= 15 is 0 Å². The van der Waals surface area contributed by atoms with Gasteiger partial charge in [0.25, 0.3) is 0 Å². The first kappa shape index (κ1) is 13.9. The normalized spacial score (nSPS) is 18.1. The Balaban J connectivity index is 2.04. The van der Waals surface area contributed by atoms with Crippen LogP contribution in [0.15, 0.2) is 16.6 Å². The molecule has 5 heteroatoms. The molecule has 1 aliphatic carbocycles. The minimum Gasteiger partial charge on any atom is -0.369 e. The van der Waals surface area contributed by atoms with Crippen molar-refractivity contribution in [3.8, 4) is 0 Å². The Labute approximate surface area is 126 Å². The second-order valence-electron chi connectivity index (χ2n) is 5.59. The second-order valence-corrected chi connectivity index (χ2v) is 6.45. The number of rotatable bonds is 1. The first-order valence-corrected chi connectivity index (χ1v) is 8.08. The number of imidazole rings is 1. The molecule has 0 spiro atoms. The molecule has 20 heavy (non-hydrogen) atoms. The zero-order chi connectivity index (χ0) is 14.1. The molecule has 1 fully saturated rings. The predicted molar refractivity (Wildman–Crippen MR) is 83.2 cm³/mol. The van der Waals surface area contributed by atoms with E-state index in [-0.39, 0.29) is 5.82 Å². The third-order valence-corrected chi connectivity index (χ3v) is 4.81. The molecule has 0 aliphatic heterocycles. The van der Waals surface area contributed by atoms with Crippen LogP contribution in [-0.2, 0) is 0 Å². The van der Waals surface area contributed by atoms with Crippen LogP contribution >= 0.6 is 15.9 Å². The molecule has 0 saturated heterocycles. The largest absolute Gasteiger partial charge is 0.369 e. The molecular weight excluding hydrogens is 321 g/mol. The number of hydrogen-bond acceptors (Lipinski definition) is 2. The Morgan fingerprint density at radius 2 is 1.80 bits per heavy atom. The third-order valence-electron chi connectivity index (χ3n) is 4.20. The number of benzene rings is 1. The molecule has 0 radical (unpaired) electrons. The van der Waals surface area contributed by atoms with Gasteiger partial charge in [0.05, 0.1) is 15.5 Å². The highest BCUT2D eigenvalue weighted by atomic mass is 79.9. The molecule has 0 bridgehead atoms. The summed E-state index contributed by atoms with van der Waals surface area (Å²) in [6.07, 6.45) is 8.64. The van der Waals surface area contributed by atoms with Gasteiger partial charge in [-0.3, -0.25) is 0 Å². The molecule has 108 valence electrons. The number of aromatic nitrogens is 2. The number of hydrogen-bond donors (Lipinski definition) is 1. The highest BCUT2D eigenvalue weighted by Gasteiger charge is 2.19. The number of nitrogens with zero attached hydrogens (tertiary/aromatic N) is 2. The maximum atomic E-state index is 13.6. The van der Waals surface area contributed by atoms with E-state index in [1.807, 2.05) is 0 Å². The SMILES string of the molecule is Nc1nc2cc(F)c(Br)cc2n1C1CCCCCCC1. The summed E-state index contributed by atoms with van der Waals surface area (Å²) in [5, 5.41) is 0. The van der Waals surface area contributed by atoms with Crippen molar-refractivity contribution in [1.82, 2.24) is 9.55 Å². The van der Waals surface area contributed by atoms with Gasteiger partial charge in [-0.15, -0.1) is 0 Å². The lowest BCUT2D eigenvalue weighted by molar-refractivity contribution is 0.381. The van der Waals surface area contributed by atoms with Crippen LogP contribution < -0.4 is 5.73 Å². The average molecular weight is 340 g/mol. The number of fused-ring (bicyclic) bond motifs is 1. The Morgan fingerprint density at radius 3 is 2.50 bits per heavy atom. The van der Waals surface area contributed by atoms with Crippen molar-refractivity contribution in [2.75, 3.05) is 5.73 Å². The van der Waals surface area contributed by atoms with Crippen LogP contribution in [0, 0.1) is 5.82 Å². The highest BCUT2D eigenvalue weighted by Crippen LogP contribution is 2.33. The molecule has 0 atom stereocenters. The first-order valence-electron chi connectivity index (χ1n) is 7.29. The zero-order valence-corrected chi connectivity index (χ0v) is 13.0. The molecule has 1 saturated carbocycles. The first-order chi connectivity index (χ1) is 9.66. The molecule has 2 aromatic rings. The number of nitrogens with two attached hydrogens (primary N) is 1. The molecular formula is C15H19BrFN3. The summed E-state index contributed by atoms with van der Waals surface area (Å²) >= 11 is 3.25. The predicted octanol–water partition coefficient (Wildman–Crippen LogP) is 4.81. The van der Waals surface area contributed by atoms with E-state index in [1.165, 1.54) is 38.2 Å². The fourth-order valence-corrected chi connectivity index (χ4v) is 3.52. The van der Waals surface area contributed by atoms with Crippen LogP contribution in [0.1, 0.15) is 51.0 Å². The van der Waals surface area contributed by atoms with E-state index in [9.17, 15) is 4.39 Å². The second kappa shape index (κ2) is 5.72. The quantitative estimate of drug-likeness (QED) is 0.810. The number of anilines is 1. The number of nitrogen functional groups attached to an aromatic ring is 1. The van der Waals surface area contributed by atoms with Gasteiger partial charge in [0.15, 0.2) is 0 Å². The lowest BCUT2D eigenvalue weighted by atomic mass is 9.96. The fourth-order valence-electron chi connectivity index (χ4n) is 3.19. The van der Waals surface area contributed by atoms with Gasteiger partial charge in [0.2, 0.25) is 5.95 Å². The van der Waals surface area contributed by atoms with Gasteiger partial charge in [-0.2, -0.15) is 0 Å². The van der Waals surface area contributed by atoms with Gasteiger partial charge >= 0.3 is 0 Å². The van der Waals surface area contributed by atoms with Crippen molar-refractivity contribution < 1.29 is 4.39 Å². The number of halogens is 2. The van der Waals surface area contributed by atoms with Crippen molar-refractivity contribution in [2.24, 2.45) is 0 Å². The van der Waals surface area contributed by atoms with Gasteiger partial charge in [-0.05, 0) is 34.8 Å². The van der Waals surface area contributed by atoms with Gasteiger partial charge < -0.3 is 10.3 Å². The van der Waals surface area contributed by atoms with Crippen molar-refractivity contribution in [3.05, 3.63) is 22.4 Å². The molecule has 1 heterocycles. The molecule has 3 rings (SSSR count). The molecule has 0 amide bonds. The van der Waals surface area contributed by atoms with Crippen LogP contribution in [-0.4, -0.2) is 9.55 Å². The standard InChI is InChI=1S/C15H19BrFN3/c16-11-8-14-13(9-12(11)17)19-15(18)20(14)10-6-4-2-1-3-5-7-10/h8-10H,1-7H2,(H2,18,19). The molecule has 1 aromatic heterocycles. The van der Waals surface area contributed by atoms with Crippen LogP contribution in [0.25, 0.3) is 11.0 Å². The molecule has 0 unspecified atom stereocenters. The van der Waals surface area contributed by atoms with Crippen LogP contribution in [0.2, 0.25) is 0 Å². The van der Waals surface area contributed by atoms with Gasteiger partial charge in [-0.1, -0.05) is 32.1 Å². The Kier molecular flexibility index (Phi) is 3.96. The monoisotopic (exact) mass is 339 g/mol. The van der Waals surface area contributed by atoms with Crippen LogP contribution in [0.4, 0.5) is 10.3 Å². The van der Waals surface area contributed by atoms with Crippen molar-refractivity contribution in [1.29, 1.82) is 0 Å². The van der Waals surface area contributed by atoms with Gasteiger partial charge in [-0.25, -0.2) is 9.37 Å². The van der Waals surface area contributed by atoms with E-state index in [0.717, 1.165) is 18.4 Å². The Bertz CT molecular complexity index is 615. The van der Waals surface area contributed by atoms with E-state index in [0.29, 0.717) is 22.0 Å². The molecule has 1 aromatic carbocycles. The minimum atomic E-state index is -0.292. The van der Waals surface area contributed by atoms with E-state index < -0.39 is 0 Å². The lowest BCUT2D eigenvalue weighted by Gasteiger charge is -2.23. The third kappa shape index (κ3) is 2.55. The van der Waals surface area contributed by atoms with E-state index in [1.54, 1.807) is 6.07 Å². The highest BCUT2D eigenvalue weighted by molar-refractivity contribution is 9.10. The van der Waals surface area contributed by atoms with Gasteiger partial charge in [0, 0.05) is 12.1 Å². The summed E-state index contributed by atoms with van der Waals surface area (Å²) in [4.78, 5) is 4.32. The summed E-state index contributed by atoms with van der Waals surface area (Å²) in [5.41, 5.74) is 7.66. The smallest absolute Gasteiger partial charge is 0.201 e. The van der Waals surface area contributed by atoms with Crippen molar-refractivity contribution in [3.63, 3.8) is 0 Å². The van der Waals surface area contributed by atoms with E-state index in [4.69, 9.17) is 5.73 Å². The maximum Gasteiger partial charge on any atom is 0.201 e. The minimum absolute atomic E-state index is 0.292. The van der Waals surface area contributed by atoms with E-state index in [2.05, 4.69) is 25.5 Å². The summed E-state index contributed by atoms with van der Waals surface area (Å²) in [5.74, 6) is 0.211. The topological polar surface area (TPSA) is 43.8 Å². The fraction of sp³-hybridized carbons (Fsp3) is 0.533. The average Bonchev–Trinajstić information content (AvgIpc) is 2.66. The summed E-state index contributed by atoms with van der Waals surface area (Å²) in [6.45, 7) is 0. The summed E-state index contributed by atoms with van der Waals surface area (Å²) in [6, 6.07) is 3.64. The van der Waals surface area contributed by atoms with Crippen molar-refractivity contribution in [2.45, 2.75) is 51.0 Å².